The van der Waals surface area contributed by atoms with Gasteiger partial charge in [0.2, 0.25) is 0 Å². The highest BCUT2D eigenvalue weighted by atomic mass is 16.5. The van der Waals surface area contributed by atoms with Crippen LogP contribution in [0, 0.1) is 13.8 Å². The zero-order valence-electron chi connectivity index (χ0n) is 15.5. The number of hydrogen-bond acceptors (Lipinski definition) is 5. The summed E-state index contributed by atoms with van der Waals surface area (Å²) in [6, 6.07) is 6.58. The Labute approximate surface area is 152 Å². The first-order valence-corrected chi connectivity index (χ1v) is 8.34. The molecule has 2 rings (SSSR count). The summed E-state index contributed by atoms with van der Waals surface area (Å²) >= 11 is 0. The Morgan fingerprint density at radius 3 is 2.50 bits per heavy atom. The van der Waals surface area contributed by atoms with Crippen molar-refractivity contribution in [2.24, 2.45) is 0 Å². The van der Waals surface area contributed by atoms with Gasteiger partial charge >= 0.3 is 6.03 Å². The fourth-order valence-corrected chi connectivity index (χ4v) is 2.29. The lowest BCUT2D eigenvalue weighted by molar-refractivity contribution is -0.122. The SMILES string of the molecule is CCNC(=O)COc1ccc(NC(=O)N(C)Cc2c(C)noc2C)cc1. The molecule has 2 aromatic rings. The Balaban J connectivity index is 1.87. The molecule has 0 saturated carbocycles. The number of hydrogen-bond donors (Lipinski definition) is 2. The van der Waals surface area contributed by atoms with E-state index in [0.717, 1.165) is 11.3 Å². The van der Waals surface area contributed by atoms with Crippen LogP contribution in [0.15, 0.2) is 28.8 Å². The quantitative estimate of drug-likeness (QED) is 0.791. The van der Waals surface area contributed by atoms with E-state index in [9.17, 15) is 9.59 Å². The highest BCUT2D eigenvalue weighted by Crippen LogP contribution is 2.17. The van der Waals surface area contributed by atoms with Gasteiger partial charge in [0.1, 0.15) is 11.5 Å². The predicted molar refractivity (Wildman–Crippen MR) is 97.1 cm³/mol. The van der Waals surface area contributed by atoms with E-state index < -0.39 is 0 Å². The first-order chi connectivity index (χ1) is 12.4. The number of likely N-dealkylation sites (N-methyl/N-ethyl adjacent to an activating group) is 1. The number of carbonyl (C=O) groups excluding carboxylic acids is 2. The van der Waals surface area contributed by atoms with Crippen LogP contribution in [0.1, 0.15) is 23.9 Å². The van der Waals surface area contributed by atoms with Gasteiger partial charge in [0.05, 0.1) is 12.2 Å². The summed E-state index contributed by atoms with van der Waals surface area (Å²) < 4.78 is 10.5. The maximum absolute atomic E-state index is 12.3. The standard InChI is InChI=1S/C18H24N4O4/c1-5-19-17(23)11-25-15-8-6-14(7-9-15)20-18(24)22(4)10-16-12(2)21-26-13(16)3/h6-9H,5,10-11H2,1-4H3,(H,19,23)(H,20,24). The number of rotatable bonds is 7. The molecule has 2 N–H and O–H groups in total. The number of amides is 3. The lowest BCUT2D eigenvalue weighted by Gasteiger charge is -2.18. The van der Waals surface area contributed by atoms with Crippen LogP contribution in [0.25, 0.3) is 0 Å². The summed E-state index contributed by atoms with van der Waals surface area (Å²) in [4.78, 5) is 25.2. The number of nitrogens with one attached hydrogen (secondary N) is 2. The van der Waals surface area contributed by atoms with Crippen LogP contribution in [0.4, 0.5) is 10.5 Å². The van der Waals surface area contributed by atoms with Gasteiger partial charge in [0, 0.05) is 24.8 Å². The van der Waals surface area contributed by atoms with Crippen LogP contribution in [-0.2, 0) is 11.3 Å². The molecule has 1 aromatic heterocycles. The molecule has 0 spiro atoms. The number of aryl methyl sites for hydroxylation is 2. The summed E-state index contributed by atoms with van der Waals surface area (Å²) in [5.74, 6) is 1.08. The fourth-order valence-electron chi connectivity index (χ4n) is 2.29. The molecule has 0 aliphatic heterocycles. The molecule has 0 bridgehead atoms. The molecule has 3 amide bonds. The maximum Gasteiger partial charge on any atom is 0.321 e. The van der Waals surface area contributed by atoms with Crippen molar-refractivity contribution in [1.82, 2.24) is 15.4 Å². The summed E-state index contributed by atoms with van der Waals surface area (Å²) in [6.45, 7) is 6.44. The second-order valence-corrected chi connectivity index (χ2v) is 5.86. The van der Waals surface area contributed by atoms with Crippen LogP contribution in [-0.4, -0.2) is 42.2 Å². The normalized spacial score (nSPS) is 10.3. The third-order valence-corrected chi connectivity index (χ3v) is 3.77. The monoisotopic (exact) mass is 360 g/mol. The van der Waals surface area contributed by atoms with Crippen LogP contribution in [0.3, 0.4) is 0 Å². The van der Waals surface area contributed by atoms with Gasteiger partial charge in [-0.25, -0.2) is 4.79 Å². The van der Waals surface area contributed by atoms with Crippen LogP contribution in [0.5, 0.6) is 5.75 Å². The molecule has 0 unspecified atom stereocenters. The van der Waals surface area contributed by atoms with Gasteiger partial charge in [-0.15, -0.1) is 0 Å². The molecule has 140 valence electrons. The zero-order valence-corrected chi connectivity index (χ0v) is 15.5. The first kappa shape index (κ1) is 19.3. The van der Waals surface area contributed by atoms with E-state index in [0.29, 0.717) is 30.3 Å². The molecule has 0 aliphatic carbocycles. The Morgan fingerprint density at radius 2 is 1.92 bits per heavy atom. The zero-order chi connectivity index (χ0) is 19.1. The average molecular weight is 360 g/mol. The van der Waals surface area contributed by atoms with Gasteiger partial charge in [-0.3, -0.25) is 4.79 Å². The van der Waals surface area contributed by atoms with Gasteiger partial charge in [-0.2, -0.15) is 0 Å². The van der Waals surface area contributed by atoms with E-state index in [1.165, 1.54) is 0 Å². The third kappa shape index (κ3) is 5.23. The minimum absolute atomic E-state index is 0.0419. The highest BCUT2D eigenvalue weighted by molar-refractivity contribution is 5.89. The van der Waals surface area contributed by atoms with Crippen molar-refractivity contribution >= 4 is 17.6 Å². The molecule has 1 aromatic carbocycles. The van der Waals surface area contributed by atoms with Crippen molar-refractivity contribution in [3.63, 3.8) is 0 Å². The second kappa shape index (κ2) is 8.89. The minimum Gasteiger partial charge on any atom is -0.484 e. The summed E-state index contributed by atoms with van der Waals surface area (Å²) in [5.41, 5.74) is 2.30. The van der Waals surface area contributed by atoms with E-state index in [1.807, 2.05) is 20.8 Å². The second-order valence-electron chi connectivity index (χ2n) is 5.86. The molecule has 8 nitrogen and oxygen atoms in total. The first-order valence-electron chi connectivity index (χ1n) is 8.34. The lowest BCUT2D eigenvalue weighted by atomic mass is 10.2. The van der Waals surface area contributed by atoms with Crippen LogP contribution >= 0.6 is 0 Å². The van der Waals surface area contributed by atoms with Crippen molar-refractivity contribution in [2.75, 3.05) is 25.5 Å². The number of urea groups is 1. The number of ether oxygens (including phenoxy) is 1. The van der Waals surface area contributed by atoms with Crippen molar-refractivity contribution in [2.45, 2.75) is 27.3 Å². The van der Waals surface area contributed by atoms with Gasteiger partial charge in [0.25, 0.3) is 5.91 Å². The largest absolute Gasteiger partial charge is 0.484 e. The molecule has 0 fully saturated rings. The smallest absolute Gasteiger partial charge is 0.321 e. The molecule has 1 heterocycles. The summed E-state index contributed by atoms with van der Waals surface area (Å²) in [5, 5.41) is 9.35. The van der Waals surface area contributed by atoms with E-state index in [2.05, 4.69) is 15.8 Å². The van der Waals surface area contributed by atoms with Gasteiger partial charge in [0.15, 0.2) is 6.61 Å². The van der Waals surface area contributed by atoms with Crippen molar-refractivity contribution in [3.8, 4) is 5.75 Å². The molecular formula is C18H24N4O4. The fraction of sp³-hybridized carbons (Fsp3) is 0.389. The molecule has 0 saturated heterocycles. The third-order valence-electron chi connectivity index (χ3n) is 3.77. The van der Waals surface area contributed by atoms with Crippen LogP contribution in [0.2, 0.25) is 0 Å². The minimum atomic E-state index is -0.249. The van der Waals surface area contributed by atoms with E-state index in [4.69, 9.17) is 9.26 Å². The van der Waals surface area contributed by atoms with Gasteiger partial charge in [-0.05, 0) is 45.0 Å². The summed E-state index contributed by atoms with van der Waals surface area (Å²) in [6.07, 6.45) is 0. The van der Waals surface area contributed by atoms with E-state index in [-0.39, 0.29) is 18.5 Å². The molecule has 0 aliphatic rings. The molecule has 0 radical (unpaired) electrons. The lowest BCUT2D eigenvalue weighted by Crippen LogP contribution is -2.31. The Bertz CT molecular complexity index is 736. The number of anilines is 1. The Kier molecular flexibility index (Phi) is 6.60. The van der Waals surface area contributed by atoms with Gasteiger partial charge < -0.3 is 24.8 Å². The van der Waals surface area contributed by atoms with Gasteiger partial charge in [-0.1, -0.05) is 5.16 Å². The topological polar surface area (TPSA) is 96.7 Å². The number of nitrogens with zero attached hydrogens (tertiary/aromatic N) is 2. The molecule has 26 heavy (non-hydrogen) atoms. The summed E-state index contributed by atoms with van der Waals surface area (Å²) in [7, 11) is 1.70. The highest BCUT2D eigenvalue weighted by Gasteiger charge is 2.15. The van der Waals surface area contributed by atoms with Crippen molar-refractivity contribution in [1.29, 1.82) is 0 Å². The average Bonchev–Trinajstić information content (AvgIpc) is 2.93. The van der Waals surface area contributed by atoms with E-state index in [1.54, 1.807) is 36.2 Å². The predicted octanol–water partition coefficient (Wildman–Crippen LogP) is 2.47. The Morgan fingerprint density at radius 1 is 1.23 bits per heavy atom. The maximum atomic E-state index is 12.3. The Hall–Kier alpha value is -3.03. The number of benzene rings is 1. The molecule has 0 atom stereocenters. The number of carbonyl (C=O) groups is 2. The van der Waals surface area contributed by atoms with Crippen molar-refractivity contribution in [3.05, 3.63) is 41.3 Å². The number of aromatic nitrogens is 1. The van der Waals surface area contributed by atoms with Crippen LogP contribution < -0.4 is 15.4 Å². The van der Waals surface area contributed by atoms with E-state index >= 15 is 0 Å². The van der Waals surface area contributed by atoms with Crippen molar-refractivity contribution < 1.29 is 18.8 Å². The molecular weight excluding hydrogens is 336 g/mol. The molecule has 8 heteroatoms.